The smallest absolute Gasteiger partial charge is 0.197 e. The van der Waals surface area contributed by atoms with Gasteiger partial charge in [-0.1, -0.05) is 31.5 Å². The number of carbonyl (C=O) groups is 1. The number of hydrogen-bond acceptors (Lipinski definition) is 3. The maximum atomic E-state index is 13.4. The second kappa shape index (κ2) is 8.73. The molecule has 5 heteroatoms. The van der Waals surface area contributed by atoms with Crippen molar-refractivity contribution in [2.45, 2.75) is 33.1 Å². The Kier molecular flexibility index (Phi) is 6.60. The van der Waals surface area contributed by atoms with Crippen LogP contribution in [-0.2, 0) is 6.42 Å². The van der Waals surface area contributed by atoms with Crippen LogP contribution in [0.15, 0.2) is 40.8 Å². The van der Waals surface area contributed by atoms with Crippen molar-refractivity contribution < 1.29 is 13.9 Å². The van der Waals surface area contributed by atoms with Gasteiger partial charge in [-0.2, -0.15) is 0 Å². The molecular weight excluding hydrogens is 554 g/mol. The normalized spacial score (nSPS) is 11.1. The van der Waals surface area contributed by atoms with Crippen LogP contribution in [0.5, 0.6) is 5.75 Å². The molecule has 0 N–H and O–H groups in total. The van der Waals surface area contributed by atoms with Crippen molar-refractivity contribution in [3.8, 4) is 5.75 Å². The minimum absolute atomic E-state index is 0.0138. The lowest BCUT2D eigenvalue weighted by Crippen LogP contribution is -2.06. The number of unbranched alkanes of at least 4 members (excludes halogenated alkanes) is 1. The monoisotopic (exact) mass is 574 g/mol. The fourth-order valence-electron chi connectivity index (χ4n) is 2.98. The molecule has 26 heavy (non-hydrogen) atoms. The lowest BCUT2D eigenvalue weighted by molar-refractivity contribution is 0.103. The molecule has 3 rings (SSSR count). The van der Waals surface area contributed by atoms with E-state index in [0.29, 0.717) is 17.7 Å². The summed E-state index contributed by atoms with van der Waals surface area (Å²) >= 11 is 4.46. The third-order valence-electron chi connectivity index (χ3n) is 4.20. The van der Waals surface area contributed by atoms with Gasteiger partial charge in [0.1, 0.15) is 17.1 Å². The number of halogens is 2. The zero-order valence-electron chi connectivity index (χ0n) is 14.8. The van der Waals surface area contributed by atoms with Gasteiger partial charge in [0.25, 0.3) is 0 Å². The molecule has 0 atom stereocenters. The van der Waals surface area contributed by atoms with Gasteiger partial charge in [0.15, 0.2) is 5.78 Å². The highest BCUT2D eigenvalue weighted by Gasteiger charge is 2.23. The highest BCUT2D eigenvalue weighted by Crippen LogP contribution is 2.33. The van der Waals surface area contributed by atoms with Gasteiger partial charge < -0.3 is 9.15 Å². The van der Waals surface area contributed by atoms with E-state index in [1.165, 1.54) is 0 Å². The Hall–Kier alpha value is -1.09. The standard InChI is InChI=1S/C21H20I2O3/c1-3-5-9-18-19(14-8-6-7-10-17(14)26-18)20(24)13-11-15(22)21(25-4-2)16(23)12-13/h6-8,10-12H,3-5,9H2,1-2H3. The summed E-state index contributed by atoms with van der Waals surface area (Å²) in [6.07, 6.45) is 2.83. The first-order valence-corrected chi connectivity index (χ1v) is 10.9. The van der Waals surface area contributed by atoms with E-state index in [1.807, 2.05) is 43.3 Å². The predicted molar refractivity (Wildman–Crippen MR) is 121 cm³/mol. The van der Waals surface area contributed by atoms with Gasteiger partial charge in [-0.25, -0.2) is 0 Å². The summed E-state index contributed by atoms with van der Waals surface area (Å²) in [5.41, 5.74) is 2.15. The quantitative estimate of drug-likeness (QED) is 0.236. The number of hydrogen-bond donors (Lipinski definition) is 0. The highest BCUT2D eigenvalue weighted by molar-refractivity contribution is 14.1. The van der Waals surface area contributed by atoms with E-state index in [4.69, 9.17) is 9.15 Å². The summed E-state index contributed by atoms with van der Waals surface area (Å²) in [6, 6.07) is 11.6. The van der Waals surface area contributed by atoms with E-state index in [1.54, 1.807) is 0 Å². The van der Waals surface area contributed by atoms with Crippen LogP contribution < -0.4 is 4.74 Å². The molecular formula is C21H20I2O3. The Bertz CT molecular complexity index is 921. The molecule has 0 fully saturated rings. The molecule has 0 saturated heterocycles. The van der Waals surface area contributed by atoms with Crippen LogP contribution in [0, 0.1) is 7.14 Å². The van der Waals surface area contributed by atoms with Crippen molar-refractivity contribution in [3.05, 3.63) is 60.4 Å². The molecule has 136 valence electrons. The Balaban J connectivity index is 2.10. The van der Waals surface area contributed by atoms with Gasteiger partial charge in [-0.15, -0.1) is 0 Å². The van der Waals surface area contributed by atoms with Crippen LogP contribution in [0.1, 0.15) is 48.4 Å². The zero-order chi connectivity index (χ0) is 18.7. The van der Waals surface area contributed by atoms with E-state index in [0.717, 1.165) is 48.9 Å². The Morgan fingerprint density at radius 2 is 1.81 bits per heavy atom. The third kappa shape index (κ3) is 3.93. The van der Waals surface area contributed by atoms with E-state index in [2.05, 4.69) is 52.1 Å². The van der Waals surface area contributed by atoms with E-state index < -0.39 is 0 Å². The van der Waals surface area contributed by atoms with Gasteiger partial charge in [0, 0.05) is 17.4 Å². The Labute approximate surface area is 180 Å². The number of para-hydroxylation sites is 1. The average molecular weight is 574 g/mol. The molecule has 0 aliphatic rings. The number of aryl methyl sites for hydroxylation is 1. The molecule has 1 heterocycles. The van der Waals surface area contributed by atoms with Crippen molar-refractivity contribution in [1.29, 1.82) is 0 Å². The minimum atomic E-state index is 0.0138. The minimum Gasteiger partial charge on any atom is -0.492 e. The average Bonchev–Trinajstić information content (AvgIpc) is 3.00. The van der Waals surface area contributed by atoms with E-state index in [-0.39, 0.29) is 5.78 Å². The van der Waals surface area contributed by atoms with Crippen LogP contribution in [0.2, 0.25) is 0 Å². The van der Waals surface area contributed by atoms with Crippen molar-refractivity contribution in [2.75, 3.05) is 6.61 Å². The summed E-state index contributed by atoms with van der Waals surface area (Å²) in [5, 5.41) is 0.891. The number of carbonyl (C=O) groups excluding carboxylic acids is 1. The third-order valence-corrected chi connectivity index (χ3v) is 5.80. The molecule has 0 unspecified atom stereocenters. The fourth-order valence-corrected chi connectivity index (χ4v) is 5.06. The second-order valence-electron chi connectivity index (χ2n) is 6.03. The summed E-state index contributed by atoms with van der Waals surface area (Å²) in [4.78, 5) is 13.4. The highest BCUT2D eigenvalue weighted by atomic mass is 127. The van der Waals surface area contributed by atoms with Crippen molar-refractivity contribution in [1.82, 2.24) is 0 Å². The first-order valence-electron chi connectivity index (χ1n) is 8.73. The summed E-state index contributed by atoms with van der Waals surface area (Å²) < 4.78 is 13.6. The first-order chi connectivity index (χ1) is 12.6. The largest absolute Gasteiger partial charge is 0.492 e. The van der Waals surface area contributed by atoms with E-state index >= 15 is 0 Å². The maximum Gasteiger partial charge on any atom is 0.197 e. The van der Waals surface area contributed by atoms with Gasteiger partial charge in [-0.3, -0.25) is 4.79 Å². The molecule has 0 bridgehead atoms. The summed E-state index contributed by atoms with van der Waals surface area (Å²) in [6.45, 7) is 4.71. The van der Waals surface area contributed by atoms with Crippen LogP contribution in [0.4, 0.5) is 0 Å². The van der Waals surface area contributed by atoms with Crippen molar-refractivity contribution in [3.63, 3.8) is 0 Å². The van der Waals surface area contributed by atoms with Gasteiger partial charge >= 0.3 is 0 Å². The number of fused-ring (bicyclic) bond motifs is 1. The van der Waals surface area contributed by atoms with Gasteiger partial charge in [0.2, 0.25) is 0 Å². The number of furan rings is 1. The molecule has 2 aromatic carbocycles. The lowest BCUT2D eigenvalue weighted by Gasteiger charge is -2.11. The summed E-state index contributed by atoms with van der Waals surface area (Å²) in [7, 11) is 0. The molecule has 0 saturated carbocycles. The van der Waals surface area contributed by atoms with Crippen LogP contribution in [0.3, 0.4) is 0 Å². The van der Waals surface area contributed by atoms with Crippen molar-refractivity contribution >= 4 is 61.9 Å². The lowest BCUT2D eigenvalue weighted by atomic mass is 9.98. The molecule has 1 aromatic heterocycles. The number of ether oxygens (including phenoxy) is 1. The molecule has 0 aliphatic carbocycles. The SMILES string of the molecule is CCCCc1oc2ccccc2c1C(=O)c1cc(I)c(OCC)c(I)c1. The molecule has 0 radical (unpaired) electrons. The maximum absolute atomic E-state index is 13.4. The van der Waals surface area contributed by atoms with Crippen molar-refractivity contribution in [2.24, 2.45) is 0 Å². The van der Waals surface area contributed by atoms with Gasteiger partial charge in [-0.05, 0) is 76.7 Å². The van der Waals surface area contributed by atoms with Crippen LogP contribution in [-0.4, -0.2) is 12.4 Å². The first kappa shape index (κ1) is 19.7. The fraction of sp³-hybridized carbons (Fsp3) is 0.286. The van der Waals surface area contributed by atoms with Gasteiger partial charge in [0.05, 0.1) is 19.3 Å². The zero-order valence-corrected chi connectivity index (χ0v) is 19.1. The second-order valence-corrected chi connectivity index (χ2v) is 8.36. The Morgan fingerprint density at radius 3 is 2.46 bits per heavy atom. The topological polar surface area (TPSA) is 39.4 Å². The Morgan fingerprint density at radius 1 is 1.12 bits per heavy atom. The molecule has 3 nitrogen and oxygen atoms in total. The number of benzene rings is 2. The molecule has 0 spiro atoms. The van der Waals surface area contributed by atoms with Crippen LogP contribution in [0.25, 0.3) is 11.0 Å². The molecule has 0 aliphatic heterocycles. The summed E-state index contributed by atoms with van der Waals surface area (Å²) in [5.74, 6) is 1.64. The number of ketones is 1. The molecule has 3 aromatic rings. The molecule has 0 amide bonds. The number of rotatable bonds is 7. The van der Waals surface area contributed by atoms with Crippen LogP contribution >= 0.6 is 45.2 Å². The predicted octanol–water partition coefficient (Wildman–Crippen LogP) is 6.61. The van der Waals surface area contributed by atoms with E-state index in [9.17, 15) is 4.79 Å².